The van der Waals surface area contributed by atoms with Gasteiger partial charge in [-0.2, -0.15) is 9.61 Å². The highest BCUT2D eigenvalue weighted by molar-refractivity contribution is 7.18. The lowest BCUT2D eigenvalue weighted by molar-refractivity contribution is 0.122. The number of anilines is 1. The summed E-state index contributed by atoms with van der Waals surface area (Å²) in [6.07, 6.45) is 1.91. The van der Waals surface area contributed by atoms with Gasteiger partial charge in [-0.15, -0.1) is 11.3 Å². The first-order valence-electron chi connectivity index (χ1n) is 11.4. The van der Waals surface area contributed by atoms with E-state index in [-0.39, 0.29) is 0 Å². The van der Waals surface area contributed by atoms with Crippen molar-refractivity contribution < 1.29 is 4.74 Å². The van der Waals surface area contributed by atoms with Gasteiger partial charge in [0.15, 0.2) is 5.65 Å². The summed E-state index contributed by atoms with van der Waals surface area (Å²) in [5.74, 6) is 1.03. The lowest BCUT2D eigenvalue weighted by Gasteiger charge is -2.29. The maximum atomic E-state index is 5.57. The SMILES string of the molecule is Cc1nc2c(C=NCc3cc(N4CCOCC4)n4nc(-c5ccccc5)cc4n3)cccc2s1. The minimum absolute atomic E-state index is 0.485. The zero-order chi connectivity index (χ0) is 22.9. The van der Waals surface area contributed by atoms with E-state index in [0.717, 1.165) is 57.6 Å². The van der Waals surface area contributed by atoms with Crippen molar-refractivity contribution in [2.75, 3.05) is 31.2 Å². The average molecular weight is 469 g/mol. The van der Waals surface area contributed by atoms with Crippen molar-refractivity contribution in [1.82, 2.24) is 19.6 Å². The fraction of sp³-hybridized carbons (Fsp3) is 0.231. The van der Waals surface area contributed by atoms with Crippen LogP contribution in [-0.4, -0.2) is 52.1 Å². The number of hydrogen-bond acceptors (Lipinski definition) is 7. The molecule has 3 aromatic heterocycles. The Labute approximate surface area is 201 Å². The number of morpholine rings is 1. The van der Waals surface area contributed by atoms with Gasteiger partial charge in [-0.1, -0.05) is 42.5 Å². The predicted molar refractivity (Wildman–Crippen MR) is 137 cm³/mol. The standard InChI is InChI=1S/C26H24N6OS/c1-18-28-26-20(8-5-9-23(26)34-18)16-27-17-21-14-25(31-10-12-33-13-11-31)32-24(29-21)15-22(30-32)19-6-3-2-4-7-19/h2-9,14-16H,10-13,17H2,1H3. The maximum Gasteiger partial charge on any atom is 0.158 e. The molecule has 1 fully saturated rings. The van der Waals surface area contributed by atoms with E-state index in [1.165, 1.54) is 4.70 Å². The second kappa shape index (κ2) is 8.96. The van der Waals surface area contributed by atoms with Crippen LogP contribution in [0.15, 0.2) is 65.7 Å². The topological polar surface area (TPSA) is 67.9 Å². The van der Waals surface area contributed by atoms with Gasteiger partial charge in [-0.3, -0.25) is 4.99 Å². The van der Waals surface area contributed by atoms with Gasteiger partial charge in [0.1, 0.15) is 5.82 Å². The van der Waals surface area contributed by atoms with E-state index >= 15 is 0 Å². The van der Waals surface area contributed by atoms with E-state index in [0.29, 0.717) is 19.8 Å². The third kappa shape index (κ3) is 4.06. The van der Waals surface area contributed by atoms with Crippen molar-refractivity contribution in [3.8, 4) is 11.3 Å². The molecule has 0 saturated carbocycles. The first-order valence-corrected chi connectivity index (χ1v) is 12.2. The number of aromatic nitrogens is 4. The Kier molecular flexibility index (Phi) is 5.52. The van der Waals surface area contributed by atoms with Crippen LogP contribution >= 0.6 is 11.3 Å². The zero-order valence-electron chi connectivity index (χ0n) is 18.9. The molecule has 5 aromatic rings. The fourth-order valence-electron chi connectivity index (χ4n) is 4.28. The summed E-state index contributed by atoms with van der Waals surface area (Å²) in [4.78, 5) is 16.6. The van der Waals surface area contributed by atoms with Crippen LogP contribution in [-0.2, 0) is 11.3 Å². The smallest absolute Gasteiger partial charge is 0.158 e. The van der Waals surface area contributed by atoms with E-state index < -0.39 is 0 Å². The molecule has 2 aromatic carbocycles. The molecule has 170 valence electrons. The number of fused-ring (bicyclic) bond motifs is 2. The first-order chi connectivity index (χ1) is 16.7. The molecule has 34 heavy (non-hydrogen) atoms. The Bertz CT molecular complexity index is 1480. The van der Waals surface area contributed by atoms with Crippen molar-refractivity contribution in [2.24, 2.45) is 4.99 Å². The maximum absolute atomic E-state index is 5.57. The van der Waals surface area contributed by atoms with Crippen molar-refractivity contribution in [1.29, 1.82) is 0 Å². The van der Waals surface area contributed by atoms with Crippen LogP contribution in [0.4, 0.5) is 5.82 Å². The first kappa shape index (κ1) is 20.9. The number of hydrogen-bond donors (Lipinski definition) is 0. The number of ether oxygens (including phenoxy) is 1. The van der Waals surface area contributed by atoms with E-state index in [1.807, 2.05) is 41.9 Å². The quantitative estimate of drug-likeness (QED) is 0.348. The molecule has 8 heteroatoms. The van der Waals surface area contributed by atoms with Crippen LogP contribution in [0.2, 0.25) is 0 Å². The van der Waals surface area contributed by atoms with Gasteiger partial charge in [0.2, 0.25) is 0 Å². The van der Waals surface area contributed by atoms with E-state index in [4.69, 9.17) is 19.8 Å². The molecule has 0 unspecified atom stereocenters. The molecule has 0 radical (unpaired) electrons. The van der Waals surface area contributed by atoms with Crippen LogP contribution in [0.1, 0.15) is 16.3 Å². The highest BCUT2D eigenvalue weighted by Crippen LogP contribution is 2.25. The van der Waals surface area contributed by atoms with Gasteiger partial charge >= 0.3 is 0 Å². The molecule has 0 atom stereocenters. The summed E-state index contributed by atoms with van der Waals surface area (Å²) >= 11 is 1.71. The number of thiazole rings is 1. The van der Waals surface area contributed by atoms with E-state index in [2.05, 4.69) is 46.3 Å². The molecular weight excluding hydrogens is 444 g/mol. The number of rotatable bonds is 5. The Morgan fingerprint density at radius 1 is 1.03 bits per heavy atom. The molecule has 0 aliphatic carbocycles. The van der Waals surface area contributed by atoms with Gasteiger partial charge < -0.3 is 9.64 Å². The van der Waals surface area contributed by atoms with Gasteiger partial charge in [0.05, 0.1) is 46.4 Å². The van der Waals surface area contributed by atoms with Crippen molar-refractivity contribution in [3.63, 3.8) is 0 Å². The van der Waals surface area contributed by atoms with Crippen molar-refractivity contribution >= 4 is 39.2 Å². The molecule has 0 spiro atoms. The van der Waals surface area contributed by atoms with Gasteiger partial charge in [0, 0.05) is 42.6 Å². The molecule has 1 saturated heterocycles. The fourth-order valence-corrected chi connectivity index (χ4v) is 5.14. The third-order valence-corrected chi connectivity index (χ3v) is 6.84. The normalized spacial score (nSPS) is 14.6. The molecule has 1 aliphatic heterocycles. The van der Waals surface area contributed by atoms with Gasteiger partial charge in [0.25, 0.3) is 0 Å². The minimum atomic E-state index is 0.485. The predicted octanol–water partition coefficient (Wildman–Crippen LogP) is 4.77. The number of aliphatic imine (C=N–C) groups is 1. The van der Waals surface area contributed by atoms with Gasteiger partial charge in [-0.25, -0.2) is 9.97 Å². The number of aryl methyl sites for hydroxylation is 1. The van der Waals surface area contributed by atoms with Crippen molar-refractivity contribution in [2.45, 2.75) is 13.5 Å². The van der Waals surface area contributed by atoms with Crippen LogP contribution in [0.5, 0.6) is 0 Å². The lowest BCUT2D eigenvalue weighted by atomic mass is 10.2. The zero-order valence-corrected chi connectivity index (χ0v) is 19.7. The van der Waals surface area contributed by atoms with E-state index in [1.54, 1.807) is 11.3 Å². The van der Waals surface area contributed by atoms with E-state index in [9.17, 15) is 0 Å². The van der Waals surface area contributed by atoms with Crippen LogP contribution in [0.3, 0.4) is 0 Å². The molecule has 4 heterocycles. The minimum Gasteiger partial charge on any atom is -0.378 e. The number of para-hydroxylation sites is 1. The Morgan fingerprint density at radius 2 is 1.88 bits per heavy atom. The van der Waals surface area contributed by atoms with Crippen molar-refractivity contribution in [3.05, 3.63) is 76.9 Å². The monoisotopic (exact) mass is 468 g/mol. The Balaban J connectivity index is 1.36. The highest BCUT2D eigenvalue weighted by Gasteiger charge is 2.18. The Morgan fingerprint density at radius 3 is 2.74 bits per heavy atom. The molecule has 6 rings (SSSR count). The van der Waals surface area contributed by atoms with Gasteiger partial charge in [-0.05, 0) is 13.0 Å². The third-order valence-electron chi connectivity index (χ3n) is 5.91. The molecule has 1 aliphatic rings. The largest absolute Gasteiger partial charge is 0.378 e. The number of nitrogens with zero attached hydrogens (tertiary/aromatic N) is 6. The van der Waals surface area contributed by atoms with Crippen LogP contribution in [0, 0.1) is 6.92 Å². The lowest BCUT2D eigenvalue weighted by Crippen LogP contribution is -2.37. The molecule has 0 amide bonds. The summed E-state index contributed by atoms with van der Waals surface area (Å²) in [7, 11) is 0. The summed E-state index contributed by atoms with van der Waals surface area (Å²) in [5.41, 5.74) is 5.76. The highest BCUT2D eigenvalue weighted by atomic mass is 32.1. The second-order valence-electron chi connectivity index (χ2n) is 8.27. The molecular formula is C26H24N6OS. The number of benzene rings is 2. The summed E-state index contributed by atoms with van der Waals surface area (Å²) in [5, 5.41) is 5.95. The summed E-state index contributed by atoms with van der Waals surface area (Å²) in [6.45, 7) is 5.59. The summed E-state index contributed by atoms with van der Waals surface area (Å²) < 4.78 is 8.70. The Hall–Kier alpha value is -3.62. The second-order valence-corrected chi connectivity index (χ2v) is 9.50. The molecule has 7 nitrogen and oxygen atoms in total. The average Bonchev–Trinajstić information content (AvgIpc) is 3.48. The molecule has 0 N–H and O–H groups in total. The molecule has 0 bridgehead atoms. The summed E-state index contributed by atoms with van der Waals surface area (Å²) in [6, 6.07) is 20.6. The van der Waals surface area contributed by atoms with Crippen LogP contribution < -0.4 is 4.90 Å². The van der Waals surface area contributed by atoms with Crippen LogP contribution in [0.25, 0.3) is 27.1 Å².